The standard InChI is InChI=1S/C22H26ClN3O3/c1-28-20-16-21(29-2)19(15-18(20)23)24-22(27)26-13-11-25(12-14-26)10-6-9-17-7-4-3-5-8-17/h3-9,15-16H,10-14H2,1-2H3,(H,24,27). The molecule has 6 nitrogen and oxygen atoms in total. The van der Waals surface area contributed by atoms with Crippen molar-refractivity contribution in [1.29, 1.82) is 0 Å². The van der Waals surface area contributed by atoms with Crippen LogP contribution in [0.25, 0.3) is 6.08 Å². The minimum Gasteiger partial charge on any atom is -0.495 e. The molecular formula is C22H26ClN3O3. The largest absolute Gasteiger partial charge is 0.495 e. The number of nitrogens with zero attached hydrogens (tertiary/aromatic N) is 2. The van der Waals surface area contributed by atoms with Gasteiger partial charge in [-0.1, -0.05) is 54.1 Å². The van der Waals surface area contributed by atoms with Crippen molar-refractivity contribution in [2.24, 2.45) is 0 Å². The molecule has 29 heavy (non-hydrogen) atoms. The molecule has 1 N–H and O–H groups in total. The van der Waals surface area contributed by atoms with E-state index in [-0.39, 0.29) is 6.03 Å². The Balaban J connectivity index is 1.51. The van der Waals surface area contributed by atoms with E-state index in [1.165, 1.54) is 12.7 Å². The quantitative estimate of drug-likeness (QED) is 0.767. The molecule has 2 aromatic carbocycles. The molecule has 0 bridgehead atoms. The van der Waals surface area contributed by atoms with Crippen molar-refractivity contribution in [2.75, 3.05) is 52.3 Å². The third-order valence-electron chi connectivity index (χ3n) is 4.85. The Kier molecular flexibility index (Phi) is 7.38. The van der Waals surface area contributed by atoms with Crippen LogP contribution in [0, 0.1) is 0 Å². The Morgan fingerprint density at radius 2 is 1.76 bits per heavy atom. The minimum absolute atomic E-state index is 0.163. The molecule has 1 saturated heterocycles. The molecule has 0 radical (unpaired) electrons. The summed E-state index contributed by atoms with van der Waals surface area (Å²) < 4.78 is 10.5. The van der Waals surface area contributed by atoms with Crippen LogP contribution in [0.3, 0.4) is 0 Å². The van der Waals surface area contributed by atoms with Crippen molar-refractivity contribution in [3.8, 4) is 11.5 Å². The normalized spacial score (nSPS) is 14.8. The molecule has 1 heterocycles. The van der Waals surface area contributed by atoms with Crippen molar-refractivity contribution in [3.05, 3.63) is 59.1 Å². The summed E-state index contributed by atoms with van der Waals surface area (Å²) in [5.74, 6) is 1.00. The number of benzene rings is 2. The highest BCUT2D eigenvalue weighted by molar-refractivity contribution is 6.32. The first-order valence-corrected chi connectivity index (χ1v) is 9.90. The van der Waals surface area contributed by atoms with Crippen LogP contribution in [0.5, 0.6) is 11.5 Å². The lowest BCUT2D eigenvalue weighted by atomic mass is 10.2. The fraction of sp³-hybridized carbons (Fsp3) is 0.318. The summed E-state index contributed by atoms with van der Waals surface area (Å²) in [6.45, 7) is 3.85. The zero-order chi connectivity index (χ0) is 20.6. The first-order valence-electron chi connectivity index (χ1n) is 9.52. The predicted octanol–water partition coefficient (Wildman–Crippen LogP) is 4.22. The molecule has 0 unspecified atom stereocenters. The van der Waals surface area contributed by atoms with Gasteiger partial charge in [0.2, 0.25) is 0 Å². The lowest BCUT2D eigenvalue weighted by Crippen LogP contribution is -2.49. The Hall–Kier alpha value is -2.70. The van der Waals surface area contributed by atoms with E-state index in [2.05, 4.69) is 34.5 Å². The first kappa shape index (κ1) is 21.0. The van der Waals surface area contributed by atoms with E-state index in [1.807, 2.05) is 18.2 Å². The highest BCUT2D eigenvalue weighted by atomic mass is 35.5. The monoisotopic (exact) mass is 415 g/mol. The number of carbonyl (C=O) groups is 1. The number of hydrogen-bond acceptors (Lipinski definition) is 4. The van der Waals surface area contributed by atoms with Crippen LogP contribution in [0.2, 0.25) is 5.02 Å². The van der Waals surface area contributed by atoms with Crippen LogP contribution in [0.1, 0.15) is 5.56 Å². The summed E-state index contributed by atoms with van der Waals surface area (Å²) in [4.78, 5) is 16.8. The SMILES string of the molecule is COc1cc(OC)c(NC(=O)N2CCN(CC=Cc3ccccc3)CC2)cc1Cl. The maximum absolute atomic E-state index is 12.7. The van der Waals surface area contributed by atoms with Crippen molar-refractivity contribution >= 4 is 29.4 Å². The van der Waals surface area contributed by atoms with Gasteiger partial charge in [-0.05, 0) is 11.6 Å². The lowest BCUT2D eigenvalue weighted by molar-refractivity contribution is 0.156. The molecule has 0 aromatic heterocycles. The summed E-state index contributed by atoms with van der Waals surface area (Å²) in [5, 5.41) is 3.31. The molecule has 1 aliphatic heterocycles. The molecule has 1 aliphatic rings. The Bertz CT molecular complexity index is 850. The van der Waals surface area contributed by atoms with Gasteiger partial charge in [-0.15, -0.1) is 0 Å². The number of piperazine rings is 1. The summed E-state index contributed by atoms with van der Waals surface area (Å²) in [5.41, 5.74) is 1.72. The van der Waals surface area contributed by atoms with E-state index in [1.54, 1.807) is 24.1 Å². The van der Waals surface area contributed by atoms with Gasteiger partial charge >= 0.3 is 6.03 Å². The van der Waals surface area contributed by atoms with Crippen molar-refractivity contribution in [2.45, 2.75) is 0 Å². The van der Waals surface area contributed by atoms with E-state index >= 15 is 0 Å². The second-order valence-electron chi connectivity index (χ2n) is 6.72. The minimum atomic E-state index is -0.163. The van der Waals surface area contributed by atoms with Crippen LogP contribution in [-0.4, -0.2) is 62.8 Å². The molecule has 0 saturated carbocycles. The molecule has 0 spiro atoms. The van der Waals surface area contributed by atoms with Crippen LogP contribution in [0.4, 0.5) is 10.5 Å². The summed E-state index contributed by atoms with van der Waals surface area (Å²) in [6, 6.07) is 13.4. The Labute approximate surface area is 176 Å². The van der Waals surface area contributed by atoms with Crippen molar-refractivity contribution in [1.82, 2.24) is 9.80 Å². The number of rotatable bonds is 6. The van der Waals surface area contributed by atoms with Gasteiger partial charge in [-0.2, -0.15) is 0 Å². The van der Waals surface area contributed by atoms with E-state index in [0.29, 0.717) is 35.3 Å². The molecule has 2 amide bonds. The summed E-state index contributed by atoms with van der Waals surface area (Å²) in [6.07, 6.45) is 4.29. The van der Waals surface area contributed by atoms with Crippen LogP contribution < -0.4 is 14.8 Å². The average molecular weight is 416 g/mol. The molecule has 0 aliphatic carbocycles. The number of carbonyl (C=O) groups excluding carboxylic acids is 1. The summed E-state index contributed by atoms with van der Waals surface area (Å²) in [7, 11) is 3.08. The fourth-order valence-corrected chi connectivity index (χ4v) is 3.43. The zero-order valence-electron chi connectivity index (χ0n) is 16.7. The number of nitrogens with one attached hydrogen (secondary N) is 1. The lowest BCUT2D eigenvalue weighted by Gasteiger charge is -2.34. The third kappa shape index (κ3) is 5.65. The van der Waals surface area contributed by atoms with Gasteiger partial charge < -0.3 is 19.7 Å². The molecule has 1 fully saturated rings. The Morgan fingerprint density at radius 1 is 1.07 bits per heavy atom. The van der Waals surface area contributed by atoms with Gasteiger partial charge in [0.1, 0.15) is 11.5 Å². The zero-order valence-corrected chi connectivity index (χ0v) is 17.5. The maximum Gasteiger partial charge on any atom is 0.322 e. The molecule has 3 rings (SSSR count). The van der Waals surface area contributed by atoms with Crippen LogP contribution in [-0.2, 0) is 0 Å². The molecule has 7 heteroatoms. The number of methoxy groups -OCH3 is 2. The average Bonchev–Trinajstić information content (AvgIpc) is 2.75. The van der Waals surface area contributed by atoms with Gasteiger partial charge in [-0.3, -0.25) is 4.90 Å². The van der Waals surface area contributed by atoms with E-state index in [4.69, 9.17) is 21.1 Å². The van der Waals surface area contributed by atoms with Crippen molar-refractivity contribution in [3.63, 3.8) is 0 Å². The molecular weight excluding hydrogens is 390 g/mol. The number of ether oxygens (including phenoxy) is 2. The van der Waals surface area contributed by atoms with Gasteiger partial charge in [0.05, 0.1) is 24.9 Å². The number of urea groups is 1. The smallest absolute Gasteiger partial charge is 0.322 e. The molecule has 154 valence electrons. The number of hydrogen-bond donors (Lipinski definition) is 1. The van der Waals surface area contributed by atoms with E-state index in [9.17, 15) is 4.79 Å². The Morgan fingerprint density at radius 3 is 2.41 bits per heavy atom. The summed E-state index contributed by atoms with van der Waals surface area (Å²) >= 11 is 6.18. The van der Waals surface area contributed by atoms with Crippen LogP contribution >= 0.6 is 11.6 Å². The van der Waals surface area contributed by atoms with Gasteiger partial charge in [0.15, 0.2) is 0 Å². The predicted molar refractivity (Wildman–Crippen MR) is 117 cm³/mol. The second-order valence-corrected chi connectivity index (χ2v) is 7.13. The highest BCUT2D eigenvalue weighted by Crippen LogP contribution is 2.36. The van der Waals surface area contributed by atoms with Gasteiger partial charge in [-0.25, -0.2) is 4.79 Å². The molecule has 0 atom stereocenters. The second kappa shape index (κ2) is 10.2. The first-order chi connectivity index (χ1) is 14.1. The van der Waals surface area contributed by atoms with Crippen LogP contribution in [0.15, 0.2) is 48.5 Å². The number of amides is 2. The third-order valence-corrected chi connectivity index (χ3v) is 5.14. The highest BCUT2D eigenvalue weighted by Gasteiger charge is 2.22. The fourth-order valence-electron chi connectivity index (χ4n) is 3.19. The maximum atomic E-state index is 12.7. The topological polar surface area (TPSA) is 54.0 Å². The van der Waals surface area contributed by atoms with E-state index in [0.717, 1.165) is 19.6 Å². The van der Waals surface area contributed by atoms with Gasteiger partial charge in [0, 0.05) is 38.8 Å². The molecule has 2 aromatic rings. The van der Waals surface area contributed by atoms with Crippen molar-refractivity contribution < 1.29 is 14.3 Å². The number of anilines is 1. The van der Waals surface area contributed by atoms with E-state index < -0.39 is 0 Å². The number of halogens is 1. The van der Waals surface area contributed by atoms with Gasteiger partial charge in [0.25, 0.3) is 0 Å².